The van der Waals surface area contributed by atoms with Gasteiger partial charge < -0.3 is 5.73 Å². The number of hydrogen-bond donors (Lipinski definition) is 1. The maximum absolute atomic E-state index is 12.5. The van der Waals surface area contributed by atoms with Gasteiger partial charge in [0.1, 0.15) is 5.69 Å². The predicted octanol–water partition coefficient (Wildman–Crippen LogP) is 1.73. The summed E-state index contributed by atoms with van der Waals surface area (Å²) in [4.78, 5) is 14.5. The molecule has 0 saturated heterocycles. The maximum Gasteiger partial charge on any atom is 0.267 e. The minimum Gasteiger partial charge on any atom is -0.364 e. The van der Waals surface area contributed by atoms with Crippen LogP contribution in [0.15, 0.2) is 6.07 Å². The highest BCUT2D eigenvalue weighted by Crippen LogP contribution is 2.25. The predicted molar refractivity (Wildman–Crippen MR) is 47.2 cm³/mol. The van der Waals surface area contributed by atoms with Crippen molar-refractivity contribution in [1.82, 2.24) is 4.98 Å². The lowest BCUT2D eigenvalue weighted by Gasteiger charge is -2.08. The lowest BCUT2D eigenvalue weighted by molar-refractivity contribution is 0.0994. The Morgan fingerprint density at radius 3 is 2.43 bits per heavy atom. The van der Waals surface area contributed by atoms with E-state index in [4.69, 9.17) is 5.73 Å². The van der Waals surface area contributed by atoms with Crippen LogP contribution in [0.1, 0.15) is 33.7 Å². The minimum atomic E-state index is -2.58. The second kappa shape index (κ2) is 3.69. The highest BCUT2D eigenvalue weighted by molar-refractivity contribution is 5.91. The number of carbonyl (C=O) groups is 1. The van der Waals surface area contributed by atoms with E-state index in [0.717, 1.165) is 0 Å². The second-order valence-electron chi connectivity index (χ2n) is 2.99. The quantitative estimate of drug-likeness (QED) is 0.790. The summed E-state index contributed by atoms with van der Waals surface area (Å²) in [6.45, 7) is 2.93. The molecule has 0 aromatic carbocycles. The van der Waals surface area contributed by atoms with Gasteiger partial charge in [-0.05, 0) is 25.5 Å². The first-order valence-corrected chi connectivity index (χ1v) is 3.99. The molecule has 5 heteroatoms. The van der Waals surface area contributed by atoms with Crippen molar-refractivity contribution in [2.75, 3.05) is 0 Å². The Morgan fingerprint density at radius 1 is 1.50 bits per heavy atom. The topological polar surface area (TPSA) is 56.0 Å². The number of hydrogen-bond acceptors (Lipinski definition) is 2. The average molecular weight is 200 g/mol. The summed E-state index contributed by atoms with van der Waals surface area (Å²) in [6, 6.07) is 1.27. The number of nitrogens with two attached hydrogens (primary N) is 1. The number of pyridine rings is 1. The van der Waals surface area contributed by atoms with Crippen molar-refractivity contribution in [3.05, 3.63) is 28.6 Å². The van der Waals surface area contributed by atoms with Crippen molar-refractivity contribution in [2.45, 2.75) is 20.3 Å². The van der Waals surface area contributed by atoms with Gasteiger partial charge in [-0.3, -0.25) is 4.79 Å². The molecule has 1 amide bonds. The molecule has 0 aliphatic heterocycles. The lowest BCUT2D eigenvalue weighted by Crippen LogP contribution is -2.15. The van der Waals surface area contributed by atoms with E-state index in [1.807, 2.05) is 0 Å². The first-order valence-electron chi connectivity index (χ1n) is 3.99. The minimum absolute atomic E-state index is 0.0180. The van der Waals surface area contributed by atoms with Gasteiger partial charge in [0.15, 0.2) is 0 Å². The van der Waals surface area contributed by atoms with E-state index in [1.54, 1.807) is 0 Å². The Morgan fingerprint density at radius 2 is 2.07 bits per heavy atom. The molecule has 1 rings (SSSR count). The van der Waals surface area contributed by atoms with E-state index < -0.39 is 12.3 Å². The van der Waals surface area contributed by atoms with E-state index in [2.05, 4.69) is 4.98 Å². The van der Waals surface area contributed by atoms with Crippen LogP contribution in [0.4, 0.5) is 8.78 Å². The standard InChI is InChI=1S/C9H10F2N2O/c1-4-3-6(9(12)14)13-5(2)7(4)8(10)11/h3,8H,1-2H3,(H2,12,14). The molecule has 0 aliphatic rings. The van der Waals surface area contributed by atoms with Gasteiger partial charge in [-0.15, -0.1) is 0 Å². The van der Waals surface area contributed by atoms with Gasteiger partial charge in [0.25, 0.3) is 12.3 Å². The molecule has 1 heterocycles. The van der Waals surface area contributed by atoms with Gasteiger partial charge in [-0.1, -0.05) is 0 Å². The number of amides is 1. The van der Waals surface area contributed by atoms with Crippen molar-refractivity contribution in [1.29, 1.82) is 0 Å². The molecule has 0 saturated carbocycles. The Hall–Kier alpha value is -1.52. The van der Waals surface area contributed by atoms with Crippen LogP contribution in [0.2, 0.25) is 0 Å². The fourth-order valence-corrected chi connectivity index (χ4v) is 1.30. The van der Waals surface area contributed by atoms with Gasteiger partial charge in [0.2, 0.25) is 0 Å². The van der Waals surface area contributed by atoms with Gasteiger partial charge in [-0.2, -0.15) is 0 Å². The van der Waals surface area contributed by atoms with Crippen LogP contribution in [0.25, 0.3) is 0 Å². The maximum atomic E-state index is 12.5. The number of rotatable bonds is 2. The first-order chi connectivity index (χ1) is 6.43. The highest BCUT2D eigenvalue weighted by Gasteiger charge is 2.17. The summed E-state index contributed by atoms with van der Waals surface area (Å²) < 4.78 is 24.9. The Balaban J connectivity index is 3.32. The van der Waals surface area contributed by atoms with Crippen LogP contribution in [0, 0.1) is 13.8 Å². The molecule has 0 bridgehead atoms. The number of primary amides is 1. The molecule has 0 radical (unpaired) electrons. The van der Waals surface area contributed by atoms with E-state index in [1.165, 1.54) is 19.9 Å². The molecule has 0 fully saturated rings. The summed E-state index contributed by atoms with van der Waals surface area (Å²) >= 11 is 0. The fourth-order valence-electron chi connectivity index (χ4n) is 1.30. The number of aromatic nitrogens is 1. The summed E-state index contributed by atoms with van der Waals surface area (Å²) in [5.74, 6) is -0.711. The van der Waals surface area contributed by atoms with E-state index in [-0.39, 0.29) is 17.0 Å². The zero-order valence-corrected chi connectivity index (χ0v) is 7.84. The van der Waals surface area contributed by atoms with Gasteiger partial charge >= 0.3 is 0 Å². The number of aryl methyl sites for hydroxylation is 2. The molecule has 76 valence electrons. The van der Waals surface area contributed by atoms with Crippen molar-refractivity contribution in [3.63, 3.8) is 0 Å². The van der Waals surface area contributed by atoms with Crippen LogP contribution in [0.5, 0.6) is 0 Å². The van der Waals surface area contributed by atoms with Gasteiger partial charge in [-0.25, -0.2) is 13.8 Å². The molecule has 0 unspecified atom stereocenters. The monoisotopic (exact) mass is 200 g/mol. The van der Waals surface area contributed by atoms with Crippen LogP contribution >= 0.6 is 0 Å². The lowest BCUT2D eigenvalue weighted by atomic mass is 10.1. The Labute approximate surface area is 79.9 Å². The summed E-state index contributed by atoms with van der Waals surface area (Å²) in [6.07, 6.45) is -2.58. The fraction of sp³-hybridized carbons (Fsp3) is 0.333. The van der Waals surface area contributed by atoms with Crippen molar-refractivity contribution >= 4 is 5.91 Å². The molecule has 0 atom stereocenters. The molecule has 0 aliphatic carbocycles. The molecule has 2 N–H and O–H groups in total. The second-order valence-corrected chi connectivity index (χ2v) is 2.99. The van der Waals surface area contributed by atoms with Crippen LogP contribution in [0.3, 0.4) is 0 Å². The molecule has 1 aromatic rings. The van der Waals surface area contributed by atoms with Crippen molar-refractivity contribution in [3.8, 4) is 0 Å². The van der Waals surface area contributed by atoms with Gasteiger partial charge in [0.05, 0.1) is 0 Å². The van der Waals surface area contributed by atoms with E-state index >= 15 is 0 Å². The molecular formula is C9H10F2N2O. The highest BCUT2D eigenvalue weighted by atomic mass is 19.3. The van der Waals surface area contributed by atoms with Crippen LogP contribution in [-0.2, 0) is 0 Å². The zero-order chi connectivity index (χ0) is 10.9. The van der Waals surface area contributed by atoms with E-state index in [0.29, 0.717) is 5.56 Å². The first kappa shape index (κ1) is 10.6. The SMILES string of the molecule is Cc1cc(C(N)=O)nc(C)c1C(F)F. The largest absolute Gasteiger partial charge is 0.364 e. The smallest absolute Gasteiger partial charge is 0.267 e. The molecular weight excluding hydrogens is 190 g/mol. The summed E-state index contributed by atoms with van der Waals surface area (Å²) in [7, 11) is 0. The Kier molecular flexibility index (Phi) is 2.78. The summed E-state index contributed by atoms with van der Waals surface area (Å²) in [5, 5.41) is 0. The third-order valence-corrected chi connectivity index (χ3v) is 1.93. The number of carbonyl (C=O) groups excluding carboxylic acids is 1. The van der Waals surface area contributed by atoms with Crippen molar-refractivity contribution in [2.24, 2.45) is 5.73 Å². The van der Waals surface area contributed by atoms with Crippen LogP contribution in [-0.4, -0.2) is 10.9 Å². The molecule has 3 nitrogen and oxygen atoms in total. The summed E-state index contributed by atoms with van der Waals surface area (Å²) in [5.41, 5.74) is 5.36. The Bertz CT molecular complexity index is 354. The average Bonchev–Trinajstić information content (AvgIpc) is 2.01. The number of alkyl halides is 2. The molecule has 1 aromatic heterocycles. The third-order valence-electron chi connectivity index (χ3n) is 1.93. The van der Waals surface area contributed by atoms with Gasteiger partial charge in [0, 0.05) is 11.3 Å². The number of nitrogens with zero attached hydrogens (tertiary/aromatic N) is 1. The number of halogens is 2. The molecule has 14 heavy (non-hydrogen) atoms. The van der Waals surface area contributed by atoms with Crippen LogP contribution < -0.4 is 5.73 Å². The zero-order valence-electron chi connectivity index (χ0n) is 7.84. The normalized spacial score (nSPS) is 10.6. The molecule has 0 spiro atoms. The third kappa shape index (κ3) is 1.86. The van der Waals surface area contributed by atoms with E-state index in [9.17, 15) is 13.6 Å². The van der Waals surface area contributed by atoms with Crippen molar-refractivity contribution < 1.29 is 13.6 Å².